The van der Waals surface area contributed by atoms with Gasteiger partial charge in [-0.3, -0.25) is 10.1 Å². The van der Waals surface area contributed by atoms with E-state index in [-0.39, 0.29) is 31.9 Å². The summed E-state index contributed by atoms with van der Waals surface area (Å²) in [5, 5.41) is 38.3. The highest BCUT2D eigenvalue weighted by molar-refractivity contribution is 5.66. The van der Waals surface area contributed by atoms with Crippen molar-refractivity contribution in [2.75, 3.05) is 13.2 Å². The number of carboxylic acids is 1. The number of hydrogen-bond donors (Lipinski definition) is 5. The minimum absolute atomic E-state index is 0.0566. The van der Waals surface area contributed by atoms with Crippen molar-refractivity contribution in [3.05, 3.63) is 0 Å². The SMILES string of the molecule is CC(CO)CC(O)C(O)NCCC(=O)O. The lowest BCUT2D eigenvalue weighted by atomic mass is 10.0. The zero-order valence-electron chi connectivity index (χ0n) is 8.76. The first-order chi connectivity index (χ1) is 6.97. The molecular weight excluding hydrogens is 202 g/mol. The van der Waals surface area contributed by atoms with Crippen LogP contribution in [0.5, 0.6) is 0 Å². The van der Waals surface area contributed by atoms with Crippen LogP contribution in [0.3, 0.4) is 0 Å². The Morgan fingerprint density at radius 3 is 2.47 bits per heavy atom. The first kappa shape index (κ1) is 14.3. The second-order valence-electron chi connectivity index (χ2n) is 3.63. The molecular formula is C9H19NO5. The molecule has 90 valence electrons. The Bertz CT molecular complexity index is 187. The van der Waals surface area contributed by atoms with E-state index in [0.717, 1.165) is 0 Å². The van der Waals surface area contributed by atoms with E-state index >= 15 is 0 Å². The number of aliphatic hydroxyl groups excluding tert-OH is 3. The van der Waals surface area contributed by atoms with Crippen LogP contribution in [0.25, 0.3) is 0 Å². The van der Waals surface area contributed by atoms with Crippen LogP contribution < -0.4 is 5.32 Å². The van der Waals surface area contributed by atoms with Gasteiger partial charge >= 0.3 is 5.97 Å². The monoisotopic (exact) mass is 221 g/mol. The molecule has 0 radical (unpaired) electrons. The lowest BCUT2D eigenvalue weighted by Crippen LogP contribution is -2.41. The molecule has 0 saturated carbocycles. The van der Waals surface area contributed by atoms with Gasteiger partial charge in [0.05, 0.1) is 12.5 Å². The van der Waals surface area contributed by atoms with Crippen molar-refractivity contribution in [2.24, 2.45) is 5.92 Å². The Morgan fingerprint density at radius 2 is 2.00 bits per heavy atom. The summed E-state index contributed by atoms with van der Waals surface area (Å²) in [6.07, 6.45) is -2.00. The number of carboxylic acid groups (broad SMARTS) is 1. The smallest absolute Gasteiger partial charge is 0.304 e. The van der Waals surface area contributed by atoms with Gasteiger partial charge in [-0.2, -0.15) is 0 Å². The molecule has 0 aromatic carbocycles. The summed E-state index contributed by atoms with van der Waals surface area (Å²) in [5.74, 6) is -1.07. The van der Waals surface area contributed by atoms with Crippen molar-refractivity contribution in [3.63, 3.8) is 0 Å². The normalized spacial score (nSPS) is 17.1. The van der Waals surface area contributed by atoms with Crippen LogP contribution >= 0.6 is 0 Å². The second-order valence-corrected chi connectivity index (χ2v) is 3.63. The standard InChI is InChI=1S/C9H19NO5/c1-6(5-11)4-7(12)9(15)10-3-2-8(13)14/h6-7,9-12,15H,2-5H2,1H3,(H,13,14). The molecule has 3 atom stereocenters. The fraction of sp³-hybridized carbons (Fsp3) is 0.889. The maximum atomic E-state index is 10.2. The Kier molecular flexibility index (Phi) is 7.23. The van der Waals surface area contributed by atoms with Gasteiger partial charge in [-0.1, -0.05) is 6.92 Å². The topological polar surface area (TPSA) is 110 Å². The third kappa shape index (κ3) is 7.26. The zero-order valence-corrected chi connectivity index (χ0v) is 8.76. The van der Waals surface area contributed by atoms with Crippen molar-refractivity contribution < 1.29 is 25.2 Å². The molecule has 0 amide bonds. The minimum atomic E-state index is -1.15. The first-order valence-electron chi connectivity index (χ1n) is 4.89. The molecule has 0 saturated heterocycles. The molecule has 0 aromatic heterocycles. The number of hydrogen-bond acceptors (Lipinski definition) is 5. The number of aliphatic hydroxyl groups is 3. The summed E-state index contributed by atoms with van der Waals surface area (Å²) in [7, 11) is 0. The number of carbonyl (C=O) groups is 1. The summed E-state index contributed by atoms with van der Waals surface area (Å²) in [6.45, 7) is 1.78. The molecule has 15 heavy (non-hydrogen) atoms. The van der Waals surface area contributed by atoms with Gasteiger partial charge in [0.2, 0.25) is 0 Å². The maximum Gasteiger partial charge on any atom is 0.304 e. The predicted molar refractivity (Wildman–Crippen MR) is 53.1 cm³/mol. The molecule has 0 bridgehead atoms. The van der Waals surface area contributed by atoms with Crippen LogP contribution in [0, 0.1) is 5.92 Å². The molecule has 0 aromatic rings. The lowest BCUT2D eigenvalue weighted by Gasteiger charge is -2.20. The van der Waals surface area contributed by atoms with Crippen LogP contribution in [0.2, 0.25) is 0 Å². The van der Waals surface area contributed by atoms with Crippen LogP contribution in [-0.4, -0.2) is 51.9 Å². The lowest BCUT2D eigenvalue weighted by molar-refractivity contribution is -0.137. The zero-order chi connectivity index (χ0) is 11.8. The van der Waals surface area contributed by atoms with Crippen LogP contribution in [0.15, 0.2) is 0 Å². The molecule has 6 heteroatoms. The number of rotatable bonds is 8. The molecule has 0 aliphatic rings. The third-order valence-electron chi connectivity index (χ3n) is 2.01. The fourth-order valence-electron chi connectivity index (χ4n) is 1.08. The maximum absolute atomic E-state index is 10.2. The van der Waals surface area contributed by atoms with E-state index in [1.807, 2.05) is 0 Å². The van der Waals surface area contributed by atoms with E-state index in [1.54, 1.807) is 6.92 Å². The van der Waals surface area contributed by atoms with Gasteiger partial charge in [0.25, 0.3) is 0 Å². The Balaban J connectivity index is 3.68. The summed E-state index contributed by atoms with van der Waals surface area (Å²) in [5.41, 5.74) is 0. The first-order valence-corrected chi connectivity index (χ1v) is 4.89. The van der Waals surface area contributed by atoms with E-state index in [0.29, 0.717) is 0 Å². The van der Waals surface area contributed by atoms with E-state index in [1.165, 1.54) is 0 Å². The van der Waals surface area contributed by atoms with Crippen molar-refractivity contribution in [2.45, 2.75) is 32.1 Å². The average Bonchev–Trinajstić information content (AvgIpc) is 2.16. The third-order valence-corrected chi connectivity index (χ3v) is 2.01. The molecule has 0 aliphatic carbocycles. The Hall–Kier alpha value is -0.690. The van der Waals surface area contributed by atoms with Crippen molar-refractivity contribution >= 4 is 5.97 Å². The summed E-state index contributed by atoms with van der Waals surface area (Å²) >= 11 is 0. The fourth-order valence-corrected chi connectivity index (χ4v) is 1.08. The summed E-state index contributed by atoms with van der Waals surface area (Å²) in [6, 6.07) is 0. The highest BCUT2D eigenvalue weighted by Gasteiger charge is 2.18. The quantitative estimate of drug-likeness (QED) is 0.328. The predicted octanol–water partition coefficient (Wildman–Crippen LogP) is -1.25. The highest BCUT2D eigenvalue weighted by atomic mass is 16.4. The van der Waals surface area contributed by atoms with Gasteiger partial charge in [0.15, 0.2) is 0 Å². The van der Waals surface area contributed by atoms with E-state index in [4.69, 9.17) is 10.2 Å². The number of aliphatic carboxylic acids is 1. The van der Waals surface area contributed by atoms with E-state index < -0.39 is 18.3 Å². The van der Waals surface area contributed by atoms with Gasteiger partial charge in [-0.25, -0.2) is 0 Å². The average molecular weight is 221 g/mol. The van der Waals surface area contributed by atoms with Crippen LogP contribution in [0.4, 0.5) is 0 Å². The molecule has 3 unspecified atom stereocenters. The molecule has 6 nitrogen and oxygen atoms in total. The molecule has 0 rings (SSSR count). The molecule has 0 spiro atoms. The van der Waals surface area contributed by atoms with Gasteiger partial charge in [-0.05, 0) is 12.3 Å². The van der Waals surface area contributed by atoms with Crippen molar-refractivity contribution in [1.29, 1.82) is 0 Å². The van der Waals surface area contributed by atoms with Crippen molar-refractivity contribution in [3.8, 4) is 0 Å². The van der Waals surface area contributed by atoms with Gasteiger partial charge in [0, 0.05) is 13.2 Å². The van der Waals surface area contributed by atoms with E-state index in [9.17, 15) is 15.0 Å². The minimum Gasteiger partial charge on any atom is -0.481 e. The van der Waals surface area contributed by atoms with Gasteiger partial charge in [-0.15, -0.1) is 0 Å². The Morgan fingerprint density at radius 1 is 1.40 bits per heavy atom. The Labute approximate surface area is 88.5 Å². The molecule has 0 aliphatic heterocycles. The number of nitrogens with one attached hydrogen (secondary N) is 1. The molecule has 5 N–H and O–H groups in total. The van der Waals surface area contributed by atoms with Crippen molar-refractivity contribution in [1.82, 2.24) is 5.32 Å². The van der Waals surface area contributed by atoms with Gasteiger partial charge in [0.1, 0.15) is 6.23 Å². The summed E-state index contributed by atoms with van der Waals surface area (Å²) in [4.78, 5) is 10.2. The highest BCUT2D eigenvalue weighted by Crippen LogP contribution is 2.07. The largest absolute Gasteiger partial charge is 0.481 e. The van der Waals surface area contributed by atoms with Crippen LogP contribution in [0.1, 0.15) is 19.8 Å². The molecule has 0 fully saturated rings. The summed E-state index contributed by atoms with van der Waals surface area (Å²) < 4.78 is 0. The van der Waals surface area contributed by atoms with E-state index in [2.05, 4.69) is 5.32 Å². The molecule has 0 heterocycles. The van der Waals surface area contributed by atoms with Crippen LogP contribution in [-0.2, 0) is 4.79 Å². The van der Waals surface area contributed by atoms with Gasteiger partial charge < -0.3 is 20.4 Å². The second kappa shape index (κ2) is 7.58.